The van der Waals surface area contributed by atoms with Gasteiger partial charge in [-0.2, -0.15) is 0 Å². The minimum absolute atomic E-state index is 0.238. The molecule has 1 atom stereocenters. The van der Waals surface area contributed by atoms with Gasteiger partial charge in [0.1, 0.15) is 29.0 Å². The number of H-pyrrole nitrogens is 1. The van der Waals surface area contributed by atoms with Crippen LogP contribution in [0.1, 0.15) is 35.3 Å². The fourth-order valence-corrected chi connectivity index (χ4v) is 4.35. The lowest BCUT2D eigenvalue weighted by molar-refractivity contribution is 0.0936. The number of rotatable bonds is 7. The maximum absolute atomic E-state index is 13.2. The number of fused-ring (bicyclic) bond motifs is 1. The van der Waals surface area contributed by atoms with E-state index in [-0.39, 0.29) is 18.5 Å². The highest BCUT2D eigenvalue weighted by Crippen LogP contribution is 2.38. The van der Waals surface area contributed by atoms with Gasteiger partial charge in [-0.05, 0) is 44.2 Å². The highest BCUT2D eigenvalue weighted by Gasteiger charge is 2.29. The van der Waals surface area contributed by atoms with E-state index in [4.69, 9.17) is 9.47 Å². The second-order valence-corrected chi connectivity index (χ2v) is 8.88. The summed E-state index contributed by atoms with van der Waals surface area (Å²) in [6, 6.07) is 5.37. The number of likely N-dealkylation sites (tertiary alicyclic amines) is 1. The minimum Gasteiger partial charge on any atom is -0.497 e. The molecule has 1 aliphatic carbocycles. The molecular weight excluding hydrogens is 438 g/mol. The number of hydrogen-bond acceptors (Lipinski definition) is 6. The molecule has 0 unspecified atom stereocenters. The van der Waals surface area contributed by atoms with Gasteiger partial charge in [0.15, 0.2) is 0 Å². The molecule has 34 heavy (non-hydrogen) atoms. The van der Waals surface area contributed by atoms with Crippen molar-refractivity contribution < 1.29 is 24.2 Å². The second kappa shape index (κ2) is 8.85. The Hall–Kier alpha value is -3.82. The van der Waals surface area contributed by atoms with Gasteiger partial charge in [0, 0.05) is 36.5 Å². The Labute approximate surface area is 196 Å². The molecule has 2 fully saturated rings. The van der Waals surface area contributed by atoms with Crippen LogP contribution >= 0.6 is 0 Å². The Morgan fingerprint density at radius 3 is 2.79 bits per heavy atom. The average Bonchev–Trinajstić information content (AvgIpc) is 3.42. The number of hydrogen-bond donors (Lipinski definition) is 3. The van der Waals surface area contributed by atoms with E-state index in [1.807, 2.05) is 25.1 Å². The van der Waals surface area contributed by atoms with Gasteiger partial charge in [-0.25, -0.2) is 14.8 Å². The predicted molar refractivity (Wildman–Crippen MR) is 124 cm³/mol. The average molecular weight is 466 g/mol. The number of aryl methyl sites for hydroxylation is 1. The van der Waals surface area contributed by atoms with Crippen LogP contribution in [0.4, 0.5) is 4.79 Å². The zero-order valence-electron chi connectivity index (χ0n) is 19.1. The Bertz CT molecular complexity index is 1250. The molecule has 178 valence electrons. The number of carboxylic acid groups (broad SMARTS) is 1. The van der Waals surface area contributed by atoms with Crippen molar-refractivity contribution >= 4 is 23.0 Å². The van der Waals surface area contributed by atoms with Crippen molar-refractivity contribution in [2.24, 2.45) is 5.92 Å². The molecule has 1 aliphatic heterocycles. The molecule has 10 heteroatoms. The zero-order chi connectivity index (χ0) is 23.8. The van der Waals surface area contributed by atoms with Crippen molar-refractivity contribution in [1.82, 2.24) is 25.2 Å². The molecule has 10 nitrogen and oxygen atoms in total. The van der Waals surface area contributed by atoms with E-state index in [1.54, 1.807) is 7.11 Å². The molecule has 2 amide bonds. The Morgan fingerprint density at radius 1 is 1.26 bits per heavy atom. The van der Waals surface area contributed by atoms with E-state index >= 15 is 0 Å². The molecule has 2 aliphatic rings. The standard InChI is InChI=1S/C24H27N5O5/c1-13-19(23(30)28-15-7-8-29(10-15)24(31)32)21-22(27-13)20(25-12-26-21)17-6-5-16(33-2)9-18(17)34-11-14-3-4-14/h5-6,9,12,14-15,27H,3-4,7-8,10-11H2,1-2H3,(H,28,30)(H,31,32)/t15-/m1/s1. The smallest absolute Gasteiger partial charge is 0.407 e. The van der Waals surface area contributed by atoms with E-state index < -0.39 is 6.09 Å². The number of nitrogens with one attached hydrogen (secondary N) is 2. The number of methoxy groups -OCH3 is 1. The van der Waals surface area contributed by atoms with Gasteiger partial charge in [0.05, 0.1) is 24.8 Å². The third kappa shape index (κ3) is 4.23. The van der Waals surface area contributed by atoms with Crippen molar-refractivity contribution in [2.75, 3.05) is 26.8 Å². The van der Waals surface area contributed by atoms with Crippen LogP contribution in [0, 0.1) is 12.8 Å². The van der Waals surface area contributed by atoms with Crippen LogP contribution in [0.25, 0.3) is 22.3 Å². The van der Waals surface area contributed by atoms with Crippen molar-refractivity contribution in [3.05, 3.63) is 35.8 Å². The molecule has 2 aromatic heterocycles. The third-order valence-electron chi connectivity index (χ3n) is 6.41. The van der Waals surface area contributed by atoms with E-state index in [0.29, 0.717) is 65.0 Å². The number of carbonyl (C=O) groups excluding carboxylic acids is 1. The Morgan fingerprint density at radius 2 is 2.09 bits per heavy atom. The summed E-state index contributed by atoms with van der Waals surface area (Å²) in [4.78, 5) is 37.9. The molecule has 3 heterocycles. The molecule has 5 rings (SSSR count). The number of amides is 2. The van der Waals surface area contributed by atoms with Crippen LogP contribution in [0.2, 0.25) is 0 Å². The lowest BCUT2D eigenvalue weighted by Gasteiger charge is -2.14. The monoisotopic (exact) mass is 465 g/mol. The molecule has 0 spiro atoms. The largest absolute Gasteiger partial charge is 0.497 e. The summed E-state index contributed by atoms with van der Waals surface area (Å²) in [6.07, 6.45) is 3.40. The van der Waals surface area contributed by atoms with Crippen molar-refractivity contribution in [3.63, 3.8) is 0 Å². The SMILES string of the molecule is COc1ccc(-c2ncnc3c(C(=O)N[C@@H]4CCN(C(=O)O)C4)c(C)[nH]c23)c(OCC2CC2)c1. The number of benzene rings is 1. The summed E-state index contributed by atoms with van der Waals surface area (Å²) in [7, 11) is 1.61. The van der Waals surface area contributed by atoms with Gasteiger partial charge in [0.2, 0.25) is 0 Å². The summed E-state index contributed by atoms with van der Waals surface area (Å²) < 4.78 is 11.5. The normalized spacial score (nSPS) is 17.7. The Balaban J connectivity index is 1.47. The number of aromatic amines is 1. The van der Waals surface area contributed by atoms with Gasteiger partial charge in [-0.15, -0.1) is 0 Å². The van der Waals surface area contributed by atoms with Gasteiger partial charge in [-0.3, -0.25) is 4.79 Å². The first-order valence-electron chi connectivity index (χ1n) is 11.4. The molecular formula is C24H27N5O5. The van der Waals surface area contributed by atoms with Gasteiger partial charge >= 0.3 is 6.09 Å². The Kier molecular flexibility index (Phi) is 5.72. The molecule has 1 saturated heterocycles. The summed E-state index contributed by atoms with van der Waals surface area (Å²) >= 11 is 0. The van der Waals surface area contributed by atoms with Crippen LogP contribution in [-0.4, -0.2) is 69.8 Å². The molecule has 0 bridgehead atoms. The maximum Gasteiger partial charge on any atom is 0.407 e. The van der Waals surface area contributed by atoms with E-state index in [1.165, 1.54) is 24.1 Å². The summed E-state index contributed by atoms with van der Waals surface area (Å²) in [5.74, 6) is 1.66. The van der Waals surface area contributed by atoms with Gasteiger partial charge in [0.25, 0.3) is 5.91 Å². The first-order valence-corrected chi connectivity index (χ1v) is 11.4. The molecule has 1 saturated carbocycles. The van der Waals surface area contributed by atoms with E-state index in [2.05, 4.69) is 20.3 Å². The highest BCUT2D eigenvalue weighted by atomic mass is 16.5. The summed E-state index contributed by atoms with van der Waals surface area (Å²) in [5, 5.41) is 12.1. The van der Waals surface area contributed by atoms with Gasteiger partial charge < -0.3 is 29.8 Å². The molecule has 3 N–H and O–H groups in total. The topological polar surface area (TPSA) is 130 Å². The van der Waals surface area contributed by atoms with Crippen LogP contribution in [0.3, 0.4) is 0 Å². The zero-order valence-corrected chi connectivity index (χ0v) is 19.1. The summed E-state index contributed by atoms with van der Waals surface area (Å²) in [5.41, 5.74) is 3.67. The van der Waals surface area contributed by atoms with E-state index in [0.717, 1.165) is 5.56 Å². The predicted octanol–water partition coefficient (Wildman–Crippen LogP) is 3.21. The van der Waals surface area contributed by atoms with Crippen LogP contribution in [0.15, 0.2) is 24.5 Å². The first kappa shape index (κ1) is 22.0. The number of carbonyl (C=O) groups is 2. The first-order chi connectivity index (χ1) is 16.4. The molecule has 3 aromatic rings. The van der Waals surface area contributed by atoms with Crippen LogP contribution in [0.5, 0.6) is 11.5 Å². The number of ether oxygens (including phenoxy) is 2. The maximum atomic E-state index is 13.2. The third-order valence-corrected chi connectivity index (χ3v) is 6.41. The van der Waals surface area contributed by atoms with Crippen molar-refractivity contribution in [2.45, 2.75) is 32.2 Å². The van der Waals surface area contributed by atoms with Gasteiger partial charge in [-0.1, -0.05) is 0 Å². The van der Waals surface area contributed by atoms with Crippen molar-refractivity contribution in [3.8, 4) is 22.8 Å². The fraction of sp³-hybridized carbons (Fsp3) is 0.417. The summed E-state index contributed by atoms with van der Waals surface area (Å²) in [6.45, 7) is 3.13. The highest BCUT2D eigenvalue weighted by molar-refractivity contribution is 6.09. The molecule has 0 radical (unpaired) electrons. The number of aromatic nitrogens is 3. The molecule has 1 aromatic carbocycles. The fourth-order valence-electron chi connectivity index (χ4n) is 4.35. The quantitative estimate of drug-likeness (QED) is 0.488. The minimum atomic E-state index is -0.975. The number of nitrogens with zero attached hydrogens (tertiary/aromatic N) is 3. The lowest BCUT2D eigenvalue weighted by Crippen LogP contribution is -2.38. The lowest BCUT2D eigenvalue weighted by atomic mass is 10.1. The van der Waals surface area contributed by atoms with E-state index in [9.17, 15) is 14.7 Å². The van der Waals surface area contributed by atoms with Crippen LogP contribution in [-0.2, 0) is 0 Å². The second-order valence-electron chi connectivity index (χ2n) is 8.88. The van der Waals surface area contributed by atoms with Crippen LogP contribution < -0.4 is 14.8 Å². The van der Waals surface area contributed by atoms with Crippen molar-refractivity contribution in [1.29, 1.82) is 0 Å².